The Kier molecular flexibility index (Phi) is 5.97. The number of piperidine rings is 1. The molecule has 2 bridgehead atoms. The van der Waals surface area contributed by atoms with Crippen molar-refractivity contribution in [3.05, 3.63) is 52.3 Å². The van der Waals surface area contributed by atoms with Gasteiger partial charge in [0.1, 0.15) is 16.9 Å². The fourth-order valence-corrected chi connectivity index (χ4v) is 7.35. The Bertz CT molecular complexity index is 2100. The van der Waals surface area contributed by atoms with Crippen LogP contribution in [0.15, 0.2) is 35.3 Å². The minimum absolute atomic E-state index is 0.117. The molecule has 1 aromatic carbocycles. The third-order valence-corrected chi connectivity index (χ3v) is 9.51. The molecule has 45 heavy (non-hydrogen) atoms. The first kappa shape index (κ1) is 27.8. The number of aromatic amines is 1. The number of amides is 2. The van der Waals surface area contributed by atoms with E-state index in [9.17, 15) is 14.4 Å². The smallest absolute Gasteiger partial charge is 0.407 e. The van der Waals surface area contributed by atoms with Crippen LogP contribution in [0.4, 0.5) is 9.18 Å². The van der Waals surface area contributed by atoms with Crippen LogP contribution in [0.2, 0.25) is 0 Å². The van der Waals surface area contributed by atoms with Gasteiger partial charge in [0.25, 0.3) is 5.91 Å². The van der Waals surface area contributed by atoms with Gasteiger partial charge >= 0.3 is 11.8 Å². The number of benzene rings is 1. The lowest BCUT2D eigenvalue weighted by molar-refractivity contribution is 0.0485. The number of nitrogens with zero attached hydrogens (tertiary/aromatic N) is 6. The summed E-state index contributed by atoms with van der Waals surface area (Å²) in [6, 6.07) is 6.44. The van der Waals surface area contributed by atoms with Crippen molar-refractivity contribution in [2.45, 2.75) is 70.7 Å². The van der Waals surface area contributed by atoms with Crippen LogP contribution in [0.3, 0.4) is 0 Å². The van der Waals surface area contributed by atoms with Crippen molar-refractivity contribution in [2.75, 3.05) is 6.54 Å². The monoisotopic (exact) mass is 614 g/mol. The lowest BCUT2D eigenvalue weighted by atomic mass is 10.1. The Morgan fingerprint density at radius 2 is 1.93 bits per heavy atom. The van der Waals surface area contributed by atoms with Crippen LogP contribution in [0.5, 0.6) is 0 Å². The number of alkyl carbamates (subject to hydrolysis) is 1. The van der Waals surface area contributed by atoms with Gasteiger partial charge in [0, 0.05) is 37.3 Å². The predicted molar refractivity (Wildman–Crippen MR) is 164 cm³/mol. The first-order valence-electron chi connectivity index (χ1n) is 15.5. The second-order valence-electron chi connectivity index (χ2n) is 13.8. The number of ether oxygens (including phenoxy) is 1. The third kappa shape index (κ3) is 4.50. The van der Waals surface area contributed by atoms with Gasteiger partial charge in [0.2, 0.25) is 0 Å². The fraction of sp³-hybridized carbons (Fsp3) is 0.469. The lowest BCUT2D eigenvalue weighted by Crippen LogP contribution is -2.46. The molecule has 2 amide bonds. The molecule has 0 radical (unpaired) electrons. The van der Waals surface area contributed by atoms with Gasteiger partial charge in [0.15, 0.2) is 11.5 Å². The molecule has 4 aromatic heterocycles. The number of H-pyrrole nitrogens is 1. The molecule has 0 unspecified atom stereocenters. The van der Waals surface area contributed by atoms with E-state index in [0.29, 0.717) is 35.0 Å². The Labute approximate surface area is 257 Å². The van der Waals surface area contributed by atoms with E-state index in [4.69, 9.17) is 9.72 Å². The Balaban J connectivity index is 1.15. The van der Waals surface area contributed by atoms with Gasteiger partial charge in [-0.3, -0.25) is 4.79 Å². The molecule has 12 nitrogen and oxygen atoms in total. The molecule has 3 fully saturated rings. The quantitative estimate of drug-likeness (QED) is 0.305. The summed E-state index contributed by atoms with van der Waals surface area (Å²) in [7, 11) is 1.77. The largest absolute Gasteiger partial charge is 0.444 e. The molecule has 0 spiro atoms. The number of pyridine rings is 1. The molecule has 2 aliphatic carbocycles. The van der Waals surface area contributed by atoms with Crippen LogP contribution < -0.4 is 11.0 Å². The average molecular weight is 615 g/mol. The van der Waals surface area contributed by atoms with Crippen LogP contribution in [-0.4, -0.2) is 69.8 Å². The molecule has 13 heteroatoms. The maximum Gasteiger partial charge on any atom is 0.407 e. The second-order valence-corrected chi connectivity index (χ2v) is 13.8. The maximum atomic E-state index is 15.9. The van der Waals surface area contributed by atoms with Gasteiger partial charge in [-0.05, 0) is 82.6 Å². The normalized spacial score (nSPS) is 21.4. The van der Waals surface area contributed by atoms with E-state index in [1.165, 1.54) is 10.5 Å². The molecule has 1 saturated heterocycles. The summed E-state index contributed by atoms with van der Waals surface area (Å²) in [5.41, 5.74) is 2.12. The summed E-state index contributed by atoms with van der Waals surface area (Å²) in [5.74, 6) is 0.372. The van der Waals surface area contributed by atoms with Gasteiger partial charge in [0.05, 0.1) is 28.8 Å². The Morgan fingerprint density at radius 3 is 2.69 bits per heavy atom. The van der Waals surface area contributed by atoms with Crippen LogP contribution in [0.1, 0.15) is 56.8 Å². The van der Waals surface area contributed by atoms with E-state index in [-0.39, 0.29) is 35.2 Å². The zero-order chi connectivity index (χ0) is 31.4. The van der Waals surface area contributed by atoms with E-state index in [1.807, 2.05) is 32.9 Å². The molecule has 2 saturated carbocycles. The lowest BCUT2D eigenvalue weighted by Gasteiger charge is -2.28. The number of hydrogen-bond donors (Lipinski definition) is 2. The summed E-state index contributed by atoms with van der Waals surface area (Å²) in [6.45, 7) is 6.65. The summed E-state index contributed by atoms with van der Waals surface area (Å²) in [6.07, 6.45) is 5.09. The van der Waals surface area contributed by atoms with Gasteiger partial charge in [-0.1, -0.05) is 0 Å². The first-order valence-corrected chi connectivity index (χ1v) is 15.5. The molecular formula is C32H35FN8O4. The number of hydrogen-bond acceptors (Lipinski definition) is 6. The highest BCUT2D eigenvalue weighted by atomic mass is 19.1. The number of nitrogens with one attached hydrogen (secondary N) is 2. The maximum absolute atomic E-state index is 15.9. The van der Waals surface area contributed by atoms with E-state index in [0.717, 1.165) is 48.8 Å². The average Bonchev–Trinajstić information content (AvgIpc) is 3.23. The SMILES string of the molecule is Cn1c(-c2cc3ccn4c(=O)[nH]nc4c3n2CC2CC2)nc2cc(C(=O)N3C[C@H]4CC[C@@H]3[C@@H]4NC(=O)OC(C)(C)C)cc(F)c21. The molecule has 1 aliphatic heterocycles. The topological polar surface area (TPSA) is 132 Å². The molecule has 3 aliphatic rings. The number of rotatable bonds is 5. The number of imidazole rings is 1. The zero-order valence-corrected chi connectivity index (χ0v) is 25.6. The van der Waals surface area contributed by atoms with Crippen molar-refractivity contribution in [3.63, 3.8) is 0 Å². The van der Waals surface area contributed by atoms with Crippen molar-refractivity contribution >= 4 is 39.6 Å². The summed E-state index contributed by atoms with van der Waals surface area (Å²) < 4.78 is 26.7. The summed E-state index contributed by atoms with van der Waals surface area (Å²) in [5, 5.41) is 10.7. The highest BCUT2D eigenvalue weighted by Crippen LogP contribution is 2.40. The fourth-order valence-electron chi connectivity index (χ4n) is 7.35. The van der Waals surface area contributed by atoms with Crippen molar-refractivity contribution in [3.8, 4) is 11.5 Å². The summed E-state index contributed by atoms with van der Waals surface area (Å²) >= 11 is 0. The standard InChI is InChI=1S/C32H35FN8O4/c1-32(2,3)45-31(44)35-24-18-7-8-22(24)41(15-18)29(42)19-11-20(33)26-21(12-19)34-27(38(26)4)23-13-17-9-10-39-28(36-37-30(39)43)25(17)40(23)14-16-5-6-16/h9-13,16,18,22,24H,5-8,14-15H2,1-4H3,(H,35,44)(H,37,43)/t18-,22-,24-/m1/s1. The van der Waals surface area contributed by atoms with Gasteiger partial charge < -0.3 is 24.1 Å². The molecule has 3 atom stereocenters. The van der Waals surface area contributed by atoms with Crippen LogP contribution in [0.25, 0.3) is 39.1 Å². The molecule has 8 rings (SSSR count). The predicted octanol–water partition coefficient (Wildman–Crippen LogP) is 4.21. The van der Waals surface area contributed by atoms with Crippen molar-refractivity contribution in [2.24, 2.45) is 18.9 Å². The van der Waals surface area contributed by atoms with E-state index >= 15 is 4.39 Å². The Hall–Kier alpha value is -4.68. The van der Waals surface area contributed by atoms with Gasteiger partial charge in [-0.25, -0.2) is 28.5 Å². The third-order valence-electron chi connectivity index (χ3n) is 9.51. The van der Waals surface area contributed by atoms with E-state index in [1.54, 1.807) is 28.8 Å². The molecule has 5 heterocycles. The minimum atomic E-state index is -0.622. The van der Waals surface area contributed by atoms with Gasteiger partial charge in [-0.2, -0.15) is 5.10 Å². The second kappa shape index (κ2) is 9.66. The number of aryl methyl sites for hydroxylation is 1. The first-order chi connectivity index (χ1) is 21.5. The van der Waals surface area contributed by atoms with Crippen molar-refractivity contribution in [1.82, 2.24) is 38.9 Å². The number of likely N-dealkylation sites (tertiary alicyclic amines) is 1. The molecular weight excluding hydrogens is 579 g/mol. The van der Waals surface area contributed by atoms with Crippen molar-refractivity contribution in [1.29, 1.82) is 0 Å². The Morgan fingerprint density at radius 1 is 1.13 bits per heavy atom. The van der Waals surface area contributed by atoms with Crippen molar-refractivity contribution < 1.29 is 18.7 Å². The summed E-state index contributed by atoms with van der Waals surface area (Å²) in [4.78, 5) is 45.3. The number of halogens is 1. The molecule has 2 N–H and O–H groups in total. The number of fused-ring (bicyclic) bond motifs is 6. The van der Waals surface area contributed by atoms with Crippen LogP contribution >= 0.6 is 0 Å². The van der Waals surface area contributed by atoms with E-state index < -0.39 is 17.5 Å². The van der Waals surface area contributed by atoms with E-state index in [2.05, 4.69) is 20.1 Å². The number of aromatic nitrogens is 6. The zero-order valence-electron chi connectivity index (χ0n) is 25.6. The van der Waals surface area contributed by atoms with Crippen LogP contribution in [-0.2, 0) is 18.3 Å². The highest BCUT2D eigenvalue weighted by molar-refractivity contribution is 5.99. The molecule has 234 valence electrons. The highest BCUT2D eigenvalue weighted by Gasteiger charge is 2.50. The number of carbonyl (C=O) groups is 2. The minimum Gasteiger partial charge on any atom is -0.444 e. The van der Waals surface area contributed by atoms with Crippen LogP contribution in [0, 0.1) is 17.7 Å². The van der Waals surface area contributed by atoms with Gasteiger partial charge in [-0.15, -0.1) is 0 Å². The molecule has 5 aromatic rings. The number of carbonyl (C=O) groups excluding carboxylic acids is 2.